The Kier molecular flexibility index (Phi) is 6.62. The second-order valence-electron chi connectivity index (χ2n) is 6.39. The minimum atomic E-state index is -3.57. The third-order valence-electron chi connectivity index (χ3n) is 3.76. The molecule has 0 aliphatic carbocycles. The fraction of sp³-hybridized carbons (Fsp3) is 0.588. The maximum absolute atomic E-state index is 12.5. The van der Waals surface area contributed by atoms with E-state index in [0.29, 0.717) is 24.6 Å². The van der Waals surface area contributed by atoms with Crippen LogP contribution in [0.5, 0.6) is 0 Å². The van der Waals surface area contributed by atoms with Gasteiger partial charge in [0.15, 0.2) is 0 Å². The first-order valence-electron chi connectivity index (χ1n) is 7.92. The van der Waals surface area contributed by atoms with Crippen LogP contribution in [-0.2, 0) is 14.8 Å². The van der Waals surface area contributed by atoms with Gasteiger partial charge in [-0.05, 0) is 49.4 Å². The van der Waals surface area contributed by atoms with Gasteiger partial charge in [-0.25, -0.2) is 8.42 Å². The highest BCUT2D eigenvalue weighted by atomic mass is 32.2. The fourth-order valence-corrected chi connectivity index (χ4v) is 3.55. The standard InChI is InChI=1S/C17H28N2O3S/c1-7-16(17(20)18-11-12(2)3)19(23(6,21)22)15-9-8-13(4)14(5)10-15/h8-10,12,16H,7,11H2,1-6H3,(H,18,20)/t16-/m0/s1. The van der Waals surface area contributed by atoms with Crippen molar-refractivity contribution in [3.05, 3.63) is 29.3 Å². The first-order chi connectivity index (χ1) is 10.6. The third kappa shape index (κ3) is 5.23. The van der Waals surface area contributed by atoms with Crippen LogP contribution in [0.25, 0.3) is 0 Å². The van der Waals surface area contributed by atoms with E-state index < -0.39 is 16.1 Å². The number of rotatable bonds is 7. The van der Waals surface area contributed by atoms with Gasteiger partial charge in [-0.3, -0.25) is 9.10 Å². The maximum atomic E-state index is 12.5. The van der Waals surface area contributed by atoms with Gasteiger partial charge in [-0.2, -0.15) is 0 Å². The lowest BCUT2D eigenvalue weighted by Crippen LogP contribution is -2.49. The van der Waals surface area contributed by atoms with Crippen molar-refractivity contribution < 1.29 is 13.2 Å². The van der Waals surface area contributed by atoms with Crippen LogP contribution >= 0.6 is 0 Å². The lowest BCUT2D eigenvalue weighted by molar-refractivity contribution is -0.122. The molecule has 1 aromatic carbocycles. The number of benzene rings is 1. The summed E-state index contributed by atoms with van der Waals surface area (Å²) < 4.78 is 25.9. The predicted octanol–water partition coefficient (Wildman–Crippen LogP) is 2.62. The summed E-state index contributed by atoms with van der Waals surface area (Å²) in [4.78, 5) is 12.5. The minimum Gasteiger partial charge on any atom is -0.354 e. The van der Waals surface area contributed by atoms with E-state index in [2.05, 4.69) is 5.32 Å². The summed E-state index contributed by atoms with van der Waals surface area (Å²) in [5.74, 6) is 0.0506. The van der Waals surface area contributed by atoms with Crippen LogP contribution in [0.1, 0.15) is 38.3 Å². The number of nitrogens with zero attached hydrogens (tertiary/aromatic N) is 1. The van der Waals surface area contributed by atoms with E-state index in [4.69, 9.17) is 0 Å². The van der Waals surface area contributed by atoms with E-state index in [0.717, 1.165) is 17.4 Å². The average Bonchev–Trinajstić information content (AvgIpc) is 2.44. The zero-order chi connectivity index (χ0) is 17.8. The van der Waals surface area contributed by atoms with Gasteiger partial charge in [-0.15, -0.1) is 0 Å². The number of hydrogen-bond acceptors (Lipinski definition) is 3. The number of anilines is 1. The van der Waals surface area contributed by atoms with Crippen LogP contribution in [0.4, 0.5) is 5.69 Å². The van der Waals surface area contributed by atoms with Crippen molar-refractivity contribution in [3.8, 4) is 0 Å². The molecule has 1 atom stereocenters. The fourth-order valence-electron chi connectivity index (χ4n) is 2.35. The van der Waals surface area contributed by atoms with Crippen molar-refractivity contribution in [1.82, 2.24) is 5.32 Å². The largest absolute Gasteiger partial charge is 0.354 e. The molecule has 5 nitrogen and oxygen atoms in total. The smallest absolute Gasteiger partial charge is 0.243 e. The number of carbonyl (C=O) groups excluding carboxylic acids is 1. The number of aryl methyl sites for hydroxylation is 2. The summed E-state index contributed by atoms with van der Waals surface area (Å²) in [6.07, 6.45) is 1.55. The Bertz CT molecular complexity index is 654. The summed E-state index contributed by atoms with van der Waals surface area (Å²) in [5.41, 5.74) is 2.61. The molecular formula is C17H28N2O3S. The molecule has 1 N–H and O–H groups in total. The minimum absolute atomic E-state index is 0.259. The molecule has 0 radical (unpaired) electrons. The predicted molar refractivity (Wildman–Crippen MR) is 95.2 cm³/mol. The van der Waals surface area contributed by atoms with Gasteiger partial charge in [0, 0.05) is 6.54 Å². The van der Waals surface area contributed by atoms with Crippen molar-refractivity contribution in [2.24, 2.45) is 5.92 Å². The van der Waals surface area contributed by atoms with Gasteiger partial charge < -0.3 is 5.32 Å². The van der Waals surface area contributed by atoms with Gasteiger partial charge in [0.05, 0.1) is 11.9 Å². The molecule has 1 rings (SSSR count). The topological polar surface area (TPSA) is 66.5 Å². The first kappa shape index (κ1) is 19.5. The first-order valence-corrected chi connectivity index (χ1v) is 9.77. The van der Waals surface area contributed by atoms with Crippen LogP contribution in [0.2, 0.25) is 0 Å². The molecule has 0 aliphatic heterocycles. The second kappa shape index (κ2) is 7.81. The summed E-state index contributed by atoms with van der Waals surface area (Å²) in [7, 11) is -3.57. The zero-order valence-electron chi connectivity index (χ0n) is 14.9. The number of hydrogen-bond donors (Lipinski definition) is 1. The van der Waals surface area contributed by atoms with E-state index in [1.807, 2.05) is 46.8 Å². The van der Waals surface area contributed by atoms with Gasteiger partial charge >= 0.3 is 0 Å². The molecule has 6 heteroatoms. The second-order valence-corrected chi connectivity index (χ2v) is 8.25. The summed E-state index contributed by atoms with van der Waals surface area (Å²) >= 11 is 0. The van der Waals surface area contributed by atoms with Gasteiger partial charge in [-0.1, -0.05) is 26.8 Å². The van der Waals surface area contributed by atoms with Crippen molar-refractivity contribution in [2.45, 2.75) is 47.1 Å². The normalized spacial score (nSPS) is 13.0. The monoisotopic (exact) mass is 340 g/mol. The highest BCUT2D eigenvalue weighted by Gasteiger charge is 2.31. The van der Waals surface area contributed by atoms with E-state index in [9.17, 15) is 13.2 Å². The Hall–Kier alpha value is -1.56. The molecule has 0 saturated heterocycles. The molecule has 0 saturated carbocycles. The van der Waals surface area contributed by atoms with Crippen LogP contribution in [0.3, 0.4) is 0 Å². The van der Waals surface area contributed by atoms with Crippen molar-refractivity contribution in [1.29, 1.82) is 0 Å². The van der Waals surface area contributed by atoms with Gasteiger partial charge in [0.25, 0.3) is 0 Å². The lowest BCUT2D eigenvalue weighted by Gasteiger charge is -2.30. The molecule has 0 fully saturated rings. The van der Waals surface area contributed by atoms with Crippen LogP contribution < -0.4 is 9.62 Å². The van der Waals surface area contributed by atoms with E-state index in [1.165, 1.54) is 4.31 Å². The van der Waals surface area contributed by atoms with Crippen molar-refractivity contribution in [2.75, 3.05) is 17.1 Å². The van der Waals surface area contributed by atoms with Gasteiger partial charge in [0.2, 0.25) is 15.9 Å². The quantitative estimate of drug-likeness (QED) is 0.830. The molecule has 0 heterocycles. The number of sulfonamides is 1. The summed E-state index contributed by atoms with van der Waals surface area (Å²) in [6.45, 7) is 10.2. The third-order valence-corrected chi connectivity index (χ3v) is 4.94. The maximum Gasteiger partial charge on any atom is 0.243 e. The molecule has 1 amide bonds. The van der Waals surface area contributed by atoms with Crippen LogP contribution in [0, 0.1) is 19.8 Å². The molecule has 0 aromatic heterocycles. The Morgan fingerprint density at radius 2 is 1.83 bits per heavy atom. The van der Waals surface area contributed by atoms with Crippen molar-refractivity contribution in [3.63, 3.8) is 0 Å². The molecule has 130 valence electrons. The number of nitrogens with one attached hydrogen (secondary N) is 1. The lowest BCUT2D eigenvalue weighted by atomic mass is 10.1. The highest BCUT2D eigenvalue weighted by Crippen LogP contribution is 2.25. The van der Waals surface area contributed by atoms with E-state index in [1.54, 1.807) is 6.07 Å². The number of carbonyl (C=O) groups is 1. The highest BCUT2D eigenvalue weighted by molar-refractivity contribution is 7.92. The Morgan fingerprint density at radius 3 is 2.26 bits per heavy atom. The van der Waals surface area contributed by atoms with E-state index in [-0.39, 0.29) is 5.91 Å². The Morgan fingerprint density at radius 1 is 1.22 bits per heavy atom. The molecule has 0 unspecified atom stereocenters. The van der Waals surface area contributed by atoms with Crippen molar-refractivity contribution >= 4 is 21.6 Å². The Labute approximate surface area is 140 Å². The van der Waals surface area contributed by atoms with Gasteiger partial charge in [0.1, 0.15) is 6.04 Å². The summed E-state index contributed by atoms with van der Waals surface area (Å²) in [6, 6.07) is 4.70. The van der Waals surface area contributed by atoms with Crippen LogP contribution in [-0.4, -0.2) is 33.2 Å². The zero-order valence-corrected chi connectivity index (χ0v) is 15.7. The molecule has 0 aliphatic rings. The van der Waals surface area contributed by atoms with E-state index >= 15 is 0 Å². The molecule has 0 spiro atoms. The SMILES string of the molecule is CC[C@@H](C(=O)NCC(C)C)N(c1ccc(C)c(C)c1)S(C)(=O)=O. The molecule has 0 bridgehead atoms. The number of amides is 1. The Balaban J connectivity index is 3.23. The molecular weight excluding hydrogens is 312 g/mol. The van der Waals surface area contributed by atoms with Crippen LogP contribution in [0.15, 0.2) is 18.2 Å². The summed E-state index contributed by atoms with van der Waals surface area (Å²) in [5, 5.41) is 2.84. The molecule has 23 heavy (non-hydrogen) atoms. The average molecular weight is 340 g/mol. The molecule has 1 aromatic rings.